The molecule has 1 unspecified atom stereocenters. The number of carbonyl (C=O) groups excluding carboxylic acids is 1. The van der Waals surface area contributed by atoms with Gasteiger partial charge in [-0.3, -0.25) is 0 Å². The van der Waals surface area contributed by atoms with Gasteiger partial charge in [0.15, 0.2) is 6.29 Å². The van der Waals surface area contributed by atoms with E-state index < -0.39 is 12.3 Å². The normalized spacial score (nSPS) is 10.1. The van der Waals surface area contributed by atoms with Crippen molar-refractivity contribution in [1.82, 2.24) is 0 Å². The maximum Gasteiger partial charge on any atom is 1.00 e. The zero-order valence-electron chi connectivity index (χ0n) is 16.4. The van der Waals surface area contributed by atoms with Crippen LogP contribution in [0.4, 0.5) is 0 Å². The summed E-state index contributed by atoms with van der Waals surface area (Å²) in [5.74, 6) is -1.19. The van der Waals surface area contributed by atoms with Gasteiger partial charge in [-0.25, -0.2) is 0 Å². The van der Waals surface area contributed by atoms with E-state index >= 15 is 0 Å². The topological polar surface area (TPSA) is 108 Å². The Morgan fingerprint density at radius 2 is 1.74 bits per heavy atom. The van der Waals surface area contributed by atoms with Crippen LogP contribution in [0, 0.1) is 0 Å². The predicted octanol–water partition coefficient (Wildman–Crippen LogP) is -2.38. The van der Waals surface area contributed by atoms with Crippen LogP contribution in [0.2, 0.25) is 0 Å². The van der Waals surface area contributed by atoms with E-state index in [1.165, 1.54) is 19.6 Å². The molecule has 0 saturated carbocycles. The molecule has 2 N–H and O–H groups in total. The monoisotopic (exact) mass is 408 g/mol. The molecular formula is C19H29KO7. The van der Waals surface area contributed by atoms with Crippen molar-refractivity contribution in [2.75, 3.05) is 40.1 Å². The Kier molecular flexibility index (Phi) is 27.4. The molecule has 0 aliphatic heterocycles. The fourth-order valence-electron chi connectivity index (χ4n) is 1.13. The maximum absolute atomic E-state index is 9.49. The standard InChI is InChI=1S/C8H8.C7H16O5.C4H6O2.K/c1-2-8-6-4-3-5-7-8;1-10-7(9)6-12-5-4-11-3-2-8;1-3(2)4(5)6;/h2-7H,1H2;7-9H,2-6H2,1H3;1H2,2H3,(H,5,6);/q;;;+1/p-1. The van der Waals surface area contributed by atoms with Crippen LogP contribution < -0.4 is 56.5 Å². The summed E-state index contributed by atoms with van der Waals surface area (Å²) in [5.41, 5.74) is 1.24. The first-order valence-electron chi connectivity index (χ1n) is 7.90. The first kappa shape index (κ1) is 31.3. The van der Waals surface area contributed by atoms with Gasteiger partial charge in [-0.2, -0.15) is 0 Å². The van der Waals surface area contributed by atoms with Crippen molar-refractivity contribution < 1.29 is 85.7 Å². The summed E-state index contributed by atoms with van der Waals surface area (Å²) in [7, 11) is 1.40. The molecule has 1 rings (SSSR count). The molecule has 0 fully saturated rings. The smallest absolute Gasteiger partial charge is 0.545 e. The van der Waals surface area contributed by atoms with Crippen LogP contribution in [-0.4, -0.2) is 62.6 Å². The first-order valence-corrected chi connectivity index (χ1v) is 7.90. The van der Waals surface area contributed by atoms with Crippen LogP contribution in [0.5, 0.6) is 0 Å². The summed E-state index contributed by atoms with van der Waals surface area (Å²) in [6, 6.07) is 10.0. The fraction of sp³-hybridized carbons (Fsp3) is 0.421. The molecule has 27 heavy (non-hydrogen) atoms. The van der Waals surface area contributed by atoms with Gasteiger partial charge in [0, 0.05) is 7.11 Å². The first-order chi connectivity index (χ1) is 12.4. The van der Waals surface area contributed by atoms with Gasteiger partial charge < -0.3 is 34.3 Å². The average molecular weight is 409 g/mol. The largest absolute Gasteiger partial charge is 1.00 e. The van der Waals surface area contributed by atoms with Gasteiger partial charge in [0.2, 0.25) is 0 Å². The molecule has 0 amide bonds. The number of aliphatic carboxylic acids is 1. The molecule has 148 valence electrons. The van der Waals surface area contributed by atoms with Gasteiger partial charge in [0.1, 0.15) is 0 Å². The van der Waals surface area contributed by atoms with Crippen molar-refractivity contribution in [2.45, 2.75) is 13.2 Å². The number of aliphatic hydroxyl groups excluding tert-OH is 2. The summed E-state index contributed by atoms with van der Waals surface area (Å²) in [4.78, 5) is 9.49. The third kappa shape index (κ3) is 25.6. The quantitative estimate of drug-likeness (QED) is 0.193. The molecule has 7 nitrogen and oxygen atoms in total. The van der Waals surface area contributed by atoms with Crippen molar-refractivity contribution in [2.24, 2.45) is 0 Å². The minimum absolute atomic E-state index is 0. The number of ether oxygens (including phenoxy) is 3. The van der Waals surface area contributed by atoms with Crippen LogP contribution in [0.3, 0.4) is 0 Å². The number of methoxy groups -OCH3 is 1. The van der Waals surface area contributed by atoms with Gasteiger partial charge >= 0.3 is 51.4 Å². The van der Waals surface area contributed by atoms with Crippen LogP contribution in [0.1, 0.15) is 12.5 Å². The predicted molar refractivity (Wildman–Crippen MR) is 98.1 cm³/mol. The molecule has 0 aromatic heterocycles. The summed E-state index contributed by atoms with van der Waals surface area (Å²) in [6.45, 7) is 9.38. The zero-order chi connectivity index (χ0) is 20.2. The summed E-state index contributed by atoms with van der Waals surface area (Å²) < 4.78 is 14.4. The van der Waals surface area contributed by atoms with E-state index in [1.54, 1.807) is 0 Å². The third-order valence-electron chi connectivity index (χ3n) is 2.52. The summed E-state index contributed by atoms with van der Waals surface area (Å²) in [5, 5.41) is 26.6. The number of aliphatic hydroxyl groups is 2. The molecule has 0 spiro atoms. The van der Waals surface area contributed by atoms with E-state index in [0.717, 1.165) is 0 Å². The van der Waals surface area contributed by atoms with Crippen LogP contribution >= 0.6 is 0 Å². The van der Waals surface area contributed by atoms with Gasteiger partial charge in [-0.1, -0.05) is 49.6 Å². The van der Waals surface area contributed by atoms with Gasteiger partial charge in [-0.05, 0) is 18.1 Å². The average Bonchev–Trinajstić information content (AvgIpc) is 2.66. The van der Waals surface area contributed by atoms with E-state index in [2.05, 4.69) is 17.9 Å². The molecule has 1 aromatic rings. The number of carboxylic acids is 1. The van der Waals surface area contributed by atoms with Gasteiger partial charge in [0.25, 0.3) is 0 Å². The number of carbonyl (C=O) groups is 1. The second kappa shape index (κ2) is 23.6. The van der Waals surface area contributed by atoms with Crippen molar-refractivity contribution >= 4 is 12.0 Å². The maximum atomic E-state index is 9.49. The van der Waals surface area contributed by atoms with Crippen LogP contribution in [-0.2, 0) is 19.0 Å². The number of hydrogen-bond acceptors (Lipinski definition) is 7. The number of hydrogen-bond donors (Lipinski definition) is 2. The summed E-state index contributed by atoms with van der Waals surface area (Å²) in [6.07, 6.45) is 0.961. The second-order valence-electron chi connectivity index (χ2n) is 4.78. The third-order valence-corrected chi connectivity index (χ3v) is 2.52. The summed E-state index contributed by atoms with van der Waals surface area (Å²) >= 11 is 0. The van der Waals surface area contributed by atoms with E-state index in [4.69, 9.17) is 19.7 Å². The zero-order valence-corrected chi connectivity index (χ0v) is 19.5. The van der Waals surface area contributed by atoms with Crippen molar-refractivity contribution in [1.29, 1.82) is 0 Å². The Morgan fingerprint density at radius 3 is 2.11 bits per heavy atom. The Bertz CT molecular complexity index is 468. The van der Waals surface area contributed by atoms with Gasteiger partial charge in [0.05, 0.1) is 39.0 Å². The number of rotatable bonds is 10. The molecule has 1 atom stereocenters. The molecule has 0 radical (unpaired) electrons. The molecule has 0 aliphatic rings. The second-order valence-corrected chi connectivity index (χ2v) is 4.78. The van der Waals surface area contributed by atoms with Crippen molar-refractivity contribution in [3.8, 4) is 0 Å². The van der Waals surface area contributed by atoms with Crippen LogP contribution in [0.15, 0.2) is 49.1 Å². The Morgan fingerprint density at radius 1 is 1.22 bits per heavy atom. The van der Waals surface area contributed by atoms with Crippen LogP contribution in [0.25, 0.3) is 6.08 Å². The molecule has 8 heteroatoms. The number of benzene rings is 1. The fourth-order valence-corrected chi connectivity index (χ4v) is 1.13. The molecule has 0 heterocycles. The van der Waals surface area contributed by atoms with Crippen molar-refractivity contribution in [3.63, 3.8) is 0 Å². The van der Waals surface area contributed by atoms with E-state index in [-0.39, 0.29) is 70.2 Å². The minimum Gasteiger partial charge on any atom is -0.545 e. The Labute approximate surface area is 204 Å². The molecule has 0 bridgehead atoms. The SMILES string of the molecule is C=C(C)C(=O)[O-].C=Cc1ccccc1.COC(O)COCCOCCO.[K+]. The molecule has 1 aromatic carbocycles. The molecule has 0 aliphatic carbocycles. The van der Waals surface area contributed by atoms with E-state index in [0.29, 0.717) is 19.8 Å². The van der Waals surface area contributed by atoms with E-state index in [1.807, 2.05) is 36.4 Å². The Balaban J connectivity index is -0.000000334. The van der Waals surface area contributed by atoms with E-state index in [9.17, 15) is 9.90 Å². The number of carboxylic acid groups (broad SMARTS) is 1. The molecular weight excluding hydrogens is 379 g/mol. The van der Waals surface area contributed by atoms with Crippen molar-refractivity contribution in [3.05, 3.63) is 54.6 Å². The Hall–Kier alpha value is -0.394. The van der Waals surface area contributed by atoms with Gasteiger partial charge in [-0.15, -0.1) is 0 Å². The minimum atomic E-state index is -1.19. The molecule has 0 saturated heterocycles.